The summed E-state index contributed by atoms with van der Waals surface area (Å²) in [5.41, 5.74) is -0.871. The van der Waals surface area contributed by atoms with Gasteiger partial charge >= 0.3 is 0 Å². The van der Waals surface area contributed by atoms with Crippen molar-refractivity contribution in [1.82, 2.24) is 0 Å². The number of halogens is 5. The maximum Gasteiger partial charge on any atom is 0.200 e. The van der Waals surface area contributed by atoms with E-state index in [2.05, 4.69) is 0 Å². The van der Waals surface area contributed by atoms with Crippen molar-refractivity contribution in [2.24, 2.45) is 0 Å². The van der Waals surface area contributed by atoms with Crippen LogP contribution in [0.25, 0.3) is 0 Å². The maximum atomic E-state index is 12.8. The predicted octanol–water partition coefficient (Wildman–Crippen LogP) is 2.15. The van der Waals surface area contributed by atoms with Crippen molar-refractivity contribution in [2.75, 3.05) is 0 Å². The quantitative estimate of drug-likeness (QED) is 0.301. The lowest BCUT2D eigenvalue weighted by Crippen LogP contribution is -2.26. The van der Waals surface area contributed by atoms with E-state index in [1.54, 1.807) is 0 Å². The Morgan fingerprint density at radius 1 is 0.786 bits per heavy atom. The lowest BCUT2D eigenvalue weighted by Gasteiger charge is -2.05. The Morgan fingerprint density at radius 2 is 1.14 bits per heavy atom. The minimum absolute atomic E-state index is 0.179. The third kappa shape index (κ3) is 1.60. The van der Waals surface area contributed by atoms with Crippen LogP contribution < -0.4 is 5.46 Å². The zero-order valence-electron chi connectivity index (χ0n) is 7.17. The molecule has 0 fully saturated rings. The van der Waals surface area contributed by atoms with Crippen molar-refractivity contribution in [3.05, 3.63) is 29.1 Å². The van der Waals surface area contributed by atoms with Gasteiger partial charge in [0.1, 0.15) is 0 Å². The summed E-state index contributed by atoms with van der Waals surface area (Å²) in [4.78, 5) is 0. The number of rotatable bonds is 2. The van der Waals surface area contributed by atoms with E-state index in [9.17, 15) is 22.0 Å². The van der Waals surface area contributed by atoms with Gasteiger partial charge in [-0.2, -0.15) is 0 Å². The molecule has 0 heterocycles. The van der Waals surface area contributed by atoms with Gasteiger partial charge in [-0.05, 0) is 5.46 Å². The number of hydrogen-bond acceptors (Lipinski definition) is 0. The number of hydrogen-bond donors (Lipinski definition) is 0. The minimum Gasteiger partial charge on any atom is -0.204 e. The van der Waals surface area contributed by atoms with E-state index in [1.165, 1.54) is 6.92 Å². The highest BCUT2D eigenvalue weighted by molar-refractivity contribution is 6.53. The summed E-state index contributed by atoms with van der Waals surface area (Å²) in [6.45, 7) is 1.53. The molecule has 1 aromatic carbocycles. The summed E-state index contributed by atoms with van der Waals surface area (Å²) < 4.78 is 63.3. The average Bonchev–Trinajstić information content (AvgIpc) is 2.19. The lowest BCUT2D eigenvalue weighted by molar-refractivity contribution is 0.384. The third-order valence-electron chi connectivity index (χ3n) is 1.65. The number of benzene rings is 1. The van der Waals surface area contributed by atoms with E-state index < -0.39 is 34.5 Å². The van der Waals surface area contributed by atoms with Crippen LogP contribution in [0.1, 0.15) is 6.92 Å². The predicted molar refractivity (Wildman–Crippen MR) is 42.1 cm³/mol. The molecule has 0 atom stereocenters. The molecule has 75 valence electrons. The summed E-state index contributed by atoms with van der Waals surface area (Å²) in [7, 11) is 0.941. The monoisotopic (exact) mass is 207 g/mol. The van der Waals surface area contributed by atoms with Gasteiger partial charge in [0.15, 0.2) is 36.4 Å². The zero-order valence-corrected chi connectivity index (χ0v) is 7.17. The maximum absolute atomic E-state index is 12.8. The second kappa shape index (κ2) is 3.98. The topological polar surface area (TPSA) is 0 Å². The van der Waals surface area contributed by atoms with Gasteiger partial charge in [0, 0.05) is 0 Å². The Kier molecular flexibility index (Phi) is 3.13. The van der Waals surface area contributed by atoms with Crippen molar-refractivity contribution in [3.8, 4) is 0 Å². The van der Waals surface area contributed by atoms with Gasteiger partial charge in [-0.25, -0.2) is 22.0 Å². The molecule has 0 saturated heterocycles. The van der Waals surface area contributed by atoms with Crippen LogP contribution >= 0.6 is 0 Å². The smallest absolute Gasteiger partial charge is 0.200 e. The highest BCUT2D eigenvalue weighted by atomic mass is 19.2. The van der Waals surface area contributed by atoms with E-state index >= 15 is 0 Å². The van der Waals surface area contributed by atoms with Gasteiger partial charge in [-0.15, -0.1) is 0 Å². The lowest BCUT2D eigenvalue weighted by atomic mass is 9.67. The van der Waals surface area contributed by atoms with Crippen LogP contribution in [0.3, 0.4) is 0 Å². The zero-order chi connectivity index (χ0) is 10.9. The highest BCUT2D eigenvalue weighted by Gasteiger charge is 2.24. The Labute approximate surface area is 78.0 Å². The fourth-order valence-corrected chi connectivity index (χ4v) is 1.01. The molecule has 0 aromatic heterocycles. The molecule has 1 aromatic rings. The van der Waals surface area contributed by atoms with Gasteiger partial charge in [0.2, 0.25) is 0 Å². The van der Waals surface area contributed by atoms with Crippen molar-refractivity contribution >= 4 is 12.7 Å². The second-order valence-corrected chi connectivity index (χ2v) is 2.60. The third-order valence-corrected chi connectivity index (χ3v) is 1.65. The first-order valence-electron chi connectivity index (χ1n) is 3.85. The standard InChI is InChI=1S/C8H5BF5/c1-2-9-3-4(10)6(12)8(14)7(13)5(3)11/h2H2,1H3. The van der Waals surface area contributed by atoms with Crippen molar-refractivity contribution in [3.63, 3.8) is 0 Å². The molecule has 0 amide bonds. The summed E-state index contributed by atoms with van der Waals surface area (Å²) >= 11 is 0. The molecule has 14 heavy (non-hydrogen) atoms. The van der Waals surface area contributed by atoms with Crippen LogP contribution in [-0.4, -0.2) is 7.28 Å². The first kappa shape index (κ1) is 11.0. The van der Waals surface area contributed by atoms with Crippen LogP contribution in [-0.2, 0) is 0 Å². The van der Waals surface area contributed by atoms with E-state index in [0.29, 0.717) is 0 Å². The van der Waals surface area contributed by atoms with E-state index in [4.69, 9.17) is 0 Å². The molecule has 0 N–H and O–H groups in total. The summed E-state index contributed by atoms with van der Waals surface area (Å²) in [5, 5.41) is 0. The molecule has 0 spiro atoms. The molecule has 0 saturated carbocycles. The summed E-state index contributed by atoms with van der Waals surface area (Å²) in [5.74, 6) is -9.54. The van der Waals surface area contributed by atoms with Crippen LogP contribution in [0.15, 0.2) is 0 Å². The molecule has 0 aliphatic rings. The molecule has 0 bridgehead atoms. The molecule has 6 heteroatoms. The Hall–Kier alpha value is -1.07. The minimum atomic E-state index is -2.13. The van der Waals surface area contributed by atoms with Gasteiger partial charge in [-0.3, -0.25) is 0 Å². The van der Waals surface area contributed by atoms with Crippen LogP contribution in [0.5, 0.6) is 0 Å². The highest BCUT2D eigenvalue weighted by Crippen LogP contribution is 2.15. The normalized spacial score (nSPS) is 10.4. The van der Waals surface area contributed by atoms with Crippen molar-refractivity contribution in [1.29, 1.82) is 0 Å². The molecule has 0 nitrogen and oxygen atoms in total. The van der Waals surface area contributed by atoms with Gasteiger partial charge in [0.05, 0.1) is 0 Å². The molecule has 1 radical (unpaired) electrons. The molecule has 0 aliphatic carbocycles. The van der Waals surface area contributed by atoms with Crippen molar-refractivity contribution in [2.45, 2.75) is 13.2 Å². The van der Waals surface area contributed by atoms with Crippen LogP contribution in [0.4, 0.5) is 22.0 Å². The largest absolute Gasteiger partial charge is 0.204 e. The molecular weight excluding hydrogens is 202 g/mol. The summed E-state index contributed by atoms with van der Waals surface area (Å²) in [6, 6.07) is 0. The van der Waals surface area contributed by atoms with Crippen LogP contribution in [0.2, 0.25) is 6.32 Å². The SMILES string of the molecule is CC[B]c1c(F)c(F)c(F)c(F)c1F. The Morgan fingerprint density at radius 3 is 1.50 bits per heavy atom. The fraction of sp³-hybridized carbons (Fsp3) is 0.250. The van der Waals surface area contributed by atoms with E-state index in [1.807, 2.05) is 0 Å². The van der Waals surface area contributed by atoms with Crippen molar-refractivity contribution < 1.29 is 22.0 Å². The first-order valence-corrected chi connectivity index (χ1v) is 3.85. The first-order chi connectivity index (χ1) is 6.50. The molecule has 0 aliphatic heterocycles. The van der Waals surface area contributed by atoms with E-state index in [-0.39, 0.29) is 6.32 Å². The van der Waals surface area contributed by atoms with Crippen LogP contribution in [0, 0.1) is 29.1 Å². The average molecular weight is 207 g/mol. The van der Waals surface area contributed by atoms with E-state index in [0.717, 1.165) is 7.28 Å². The van der Waals surface area contributed by atoms with Gasteiger partial charge in [-0.1, -0.05) is 13.2 Å². The van der Waals surface area contributed by atoms with Gasteiger partial charge in [0.25, 0.3) is 0 Å². The fourth-order valence-electron chi connectivity index (χ4n) is 1.01. The molecule has 0 unspecified atom stereocenters. The summed E-state index contributed by atoms with van der Waals surface area (Å²) in [6.07, 6.45) is 0.179. The van der Waals surface area contributed by atoms with Gasteiger partial charge < -0.3 is 0 Å². The molecular formula is C8H5BF5. The second-order valence-electron chi connectivity index (χ2n) is 2.60. The molecule has 1 rings (SSSR count). The Bertz CT molecular complexity index is 334. The Balaban J connectivity index is 3.43.